The van der Waals surface area contributed by atoms with E-state index < -0.39 is 0 Å². The second-order valence-corrected chi connectivity index (χ2v) is 4.15. The van der Waals surface area contributed by atoms with E-state index in [4.69, 9.17) is 4.74 Å². The van der Waals surface area contributed by atoms with Gasteiger partial charge in [0.25, 0.3) is 0 Å². The topological polar surface area (TPSA) is 29.5 Å². The second kappa shape index (κ2) is 7.07. The molecule has 0 N–H and O–H groups in total. The van der Waals surface area contributed by atoms with Crippen LogP contribution in [0.3, 0.4) is 0 Å². The summed E-state index contributed by atoms with van der Waals surface area (Å²) in [4.78, 5) is 13.2. The number of esters is 1. The highest BCUT2D eigenvalue weighted by molar-refractivity contribution is 5.71. The van der Waals surface area contributed by atoms with Crippen LogP contribution in [0.4, 0.5) is 0 Å². The molecule has 17 heavy (non-hydrogen) atoms. The molecule has 3 heteroatoms. The molecule has 0 aromatic heterocycles. The van der Waals surface area contributed by atoms with Crippen molar-refractivity contribution in [3.63, 3.8) is 0 Å². The normalized spacial score (nSPS) is 10.6. The van der Waals surface area contributed by atoms with Gasteiger partial charge in [-0.1, -0.05) is 31.2 Å². The smallest absolute Gasteiger partial charge is 0.320 e. The first-order valence-electron chi connectivity index (χ1n) is 6.07. The summed E-state index contributed by atoms with van der Waals surface area (Å²) in [5, 5.41) is 0. The molecule has 0 fully saturated rings. The van der Waals surface area contributed by atoms with Crippen LogP contribution in [-0.2, 0) is 22.5 Å². The van der Waals surface area contributed by atoms with Crippen molar-refractivity contribution in [3.8, 4) is 0 Å². The van der Waals surface area contributed by atoms with Gasteiger partial charge in [-0.05, 0) is 31.5 Å². The highest BCUT2D eigenvalue weighted by Crippen LogP contribution is 2.07. The molecule has 0 saturated heterocycles. The number of nitrogens with zero attached hydrogens (tertiary/aromatic N) is 1. The molecular weight excluding hydrogens is 214 g/mol. The van der Waals surface area contributed by atoms with Gasteiger partial charge >= 0.3 is 5.97 Å². The number of ether oxygens (including phenoxy) is 1. The van der Waals surface area contributed by atoms with Gasteiger partial charge in [-0.15, -0.1) is 0 Å². The number of aryl methyl sites for hydroxylation is 1. The largest absolute Gasteiger partial charge is 0.465 e. The fourth-order valence-electron chi connectivity index (χ4n) is 1.67. The van der Waals surface area contributed by atoms with Crippen LogP contribution in [-0.4, -0.2) is 31.1 Å². The molecular formula is C14H21NO2. The third-order valence-corrected chi connectivity index (χ3v) is 2.59. The van der Waals surface area contributed by atoms with Crippen molar-refractivity contribution in [2.75, 3.05) is 20.2 Å². The minimum atomic E-state index is -0.167. The van der Waals surface area contributed by atoms with Crippen molar-refractivity contribution in [2.45, 2.75) is 26.8 Å². The molecule has 0 saturated carbocycles. The van der Waals surface area contributed by atoms with Crippen LogP contribution in [0.5, 0.6) is 0 Å². The highest BCUT2D eigenvalue weighted by Gasteiger charge is 2.07. The van der Waals surface area contributed by atoms with Crippen molar-refractivity contribution in [3.05, 3.63) is 35.4 Å². The molecule has 0 spiro atoms. The zero-order chi connectivity index (χ0) is 12.7. The fourth-order valence-corrected chi connectivity index (χ4v) is 1.67. The molecule has 0 aliphatic heterocycles. The highest BCUT2D eigenvalue weighted by atomic mass is 16.5. The van der Waals surface area contributed by atoms with Crippen LogP contribution in [0, 0.1) is 0 Å². The van der Waals surface area contributed by atoms with E-state index in [-0.39, 0.29) is 5.97 Å². The van der Waals surface area contributed by atoms with Crippen LogP contribution in [0.25, 0.3) is 0 Å². The second-order valence-electron chi connectivity index (χ2n) is 4.15. The Labute approximate surface area is 103 Å². The summed E-state index contributed by atoms with van der Waals surface area (Å²) in [6, 6.07) is 8.49. The summed E-state index contributed by atoms with van der Waals surface area (Å²) in [5.74, 6) is -0.167. The molecule has 1 rings (SSSR count). The zero-order valence-electron chi connectivity index (χ0n) is 10.9. The third kappa shape index (κ3) is 5.00. The molecule has 0 bridgehead atoms. The predicted molar refractivity (Wildman–Crippen MR) is 68.8 cm³/mol. The van der Waals surface area contributed by atoms with E-state index in [2.05, 4.69) is 31.2 Å². The first-order chi connectivity index (χ1) is 8.15. The molecule has 0 aliphatic rings. The van der Waals surface area contributed by atoms with E-state index in [9.17, 15) is 4.79 Å². The van der Waals surface area contributed by atoms with Crippen LogP contribution < -0.4 is 0 Å². The van der Waals surface area contributed by atoms with Gasteiger partial charge < -0.3 is 4.74 Å². The Morgan fingerprint density at radius 3 is 2.29 bits per heavy atom. The van der Waals surface area contributed by atoms with Gasteiger partial charge in [0, 0.05) is 6.54 Å². The Hall–Kier alpha value is -1.35. The molecule has 0 heterocycles. The molecule has 0 radical (unpaired) electrons. The molecule has 0 unspecified atom stereocenters. The number of rotatable bonds is 6. The quantitative estimate of drug-likeness (QED) is 0.708. The lowest BCUT2D eigenvalue weighted by Crippen LogP contribution is -2.26. The van der Waals surface area contributed by atoms with Crippen molar-refractivity contribution in [2.24, 2.45) is 0 Å². The van der Waals surface area contributed by atoms with E-state index >= 15 is 0 Å². The minimum absolute atomic E-state index is 0.167. The van der Waals surface area contributed by atoms with Crippen molar-refractivity contribution in [1.29, 1.82) is 0 Å². The van der Waals surface area contributed by atoms with Crippen LogP contribution in [0.2, 0.25) is 0 Å². The Morgan fingerprint density at radius 2 is 1.76 bits per heavy atom. The summed E-state index contributed by atoms with van der Waals surface area (Å²) in [7, 11) is 1.92. The summed E-state index contributed by atoms with van der Waals surface area (Å²) >= 11 is 0. The summed E-state index contributed by atoms with van der Waals surface area (Å²) < 4.78 is 4.91. The molecule has 0 aliphatic carbocycles. The maximum atomic E-state index is 11.3. The van der Waals surface area contributed by atoms with Crippen LogP contribution in [0.15, 0.2) is 24.3 Å². The third-order valence-electron chi connectivity index (χ3n) is 2.59. The number of hydrogen-bond donors (Lipinski definition) is 0. The fraction of sp³-hybridized carbons (Fsp3) is 0.500. The lowest BCUT2D eigenvalue weighted by Gasteiger charge is -2.15. The maximum absolute atomic E-state index is 11.3. The van der Waals surface area contributed by atoms with Crippen molar-refractivity contribution >= 4 is 5.97 Å². The minimum Gasteiger partial charge on any atom is -0.465 e. The molecule has 1 aromatic carbocycles. The van der Waals surface area contributed by atoms with Gasteiger partial charge in [0.05, 0.1) is 13.2 Å². The zero-order valence-corrected chi connectivity index (χ0v) is 10.9. The Bertz CT molecular complexity index is 346. The van der Waals surface area contributed by atoms with Crippen molar-refractivity contribution < 1.29 is 9.53 Å². The maximum Gasteiger partial charge on any atom is 0.320 e. The predicted octanol–water partition coefficient (Wildman–Crippen LogP) is 2.24. The first-order valence-corrected chi connectivity index (χ1v) is 6.07. The monoisotopic (exact) mass is 235 g/mol. The average Bonchev–Trinajstić information content (AvgIpc) is 2.30. The lowest BCUT2D eigenvalue weighted by molar-refractivity contribution is -0.144. The lowest BCUT2D eigenvalue weighted by atomic mass is 10.1. The van der Waals surface area contributed by atoms with E-state index in [1.165, 1.54) is 11.1 Å². The number of likely N-dealkylation sites (N-methyl/N-ethyl adjacent to an activating group) is 1. The number of carbonyl (C=O) groups is 1. The Morgan fingerprint density at radius 1 is 1.18 bits per heavy atom. The number of hydrogen-bond acceptors (Lipinski definition) is 3. The summed E-state index contributed by atoms with van der Waals surface area (Å²) in [5.41, 5.74) is 2.55. The molecule has 94 valence electrons. The SMILES string of the molecule is CCOC(=O)CN(C)Cc1ccc(CC)cc1. The number of benzene rings is 1. The Kier molecular flexibility index (Phi) is 5.70. The summed E-state index contributed by atoms with van der Waals surface area (Å²) in [6.07, 6.45) is 1.05. The van der Waals surface area contributed by atoms with Crippen LogP contribution in [0.1, 0.15) is 25.0 Å². The van der Waals surface area contributed by atoms with Crippen LogP contribution >= 0.6 is 0 Å². The van der Waals surface area contributed by atoms with E-state index in [1.54, 1.807) is 0 Å². The molecule has 3 nitrogen and oxygen atoms in total. The molecule has 0 atom stereocenters. The summed E-state index contributed by atoms with van der Waals surface area (Å²) in [6.45, 7) is 5.51. The Balaban J connectivity index is 2.44. The van der Waals surface area contributed by atoms with E-state index in [0.717, 1.165) is 13.0 Å². The van der Waals surface area contributed by atoms with Gasteiger partial charge in [0.2, 0.25) is 0 Å². The van der Waals surface area contributed by atoms with Gasteiger partial charge in [0.1, 0.15) is 0 Å². The molecule has 0 amide bonds. The van der Waals surface area contributed by atoms with Crippen molar-refractivity contribution in [1.82, 2.24) is 4.90 Å². The standard InChI is InChI=1S/C14H21NO2/c1-4-12-6-8-13(9-7-12)10-15(3)11-14(16)17-5-2/h6-9H,4-5,10-11H2,1-3H3. The van der Waals surface area contributed by atoms with E-state index in [1.807, 2.05) is 18.9 Å². The van der Waals surface area contributed by atoms with Gasteiger partial charge in [0.15, 0.2) is 0 Å². The number of carbonyl (C=O) groups excluding carboxylic acids is 1. The first kappa shape index (κ1) is 13.7. The van der Waals surface area contributed by atoms with Gasteiger partial charge in [-0.25, -0.2) is 0 Å². The molecule has 1 aromatic rings. The van der Waals surface area contributed by atoms with E-state index in [0.29, 0.717) is 13.2 Å². The van der Waals surface area contributed by atoms with Gasteiger partial charge in [-0.2, -0.15) is 0 Å². The average molecular weight is 235 g/mol. The van der Waals surface area contributed by atoms with Gasteiger partial charge in [-0.3, -0.25) is 9.69 Å².